The van der Waals surface area contributed by atoms with Gasteiger partial charge in [-0.05, 0) is 37.8 Å². The first-order valence-electron chi connectivity index (χ1n) is 5.31. The average Bonchev–Trinajstić information content (AvgIpc) is 3.01. The number of hydrogen-bond donors (Lipinski definition) is 1. The van der Waals surface area contributed by atoms with E-state index in [2.05, 4.69) is 12.2 Å². The Morgan fingerprint density at radius 2 is 2.20 bits per heavy atom. The van der Waals surface area contributed by atoms with Gasteiger partial charge in [0.2, 0.25) is 0 Å². The highest BCUT2D eigenvalue weighted by molar-refractivity contribution is 5.48. The smallest absolute Gasteiger partial charge is 0.167 e. The summed E-state index contributed by atoms with van der Waals surface area (Å²) in [4.78, 5) is 0. The van der Waals surface area contributed by atoms with Gasteiger partial charge >= 0.3 is 0 Å². The predicted molar refractivity (Wildman–Crippen MR) is 58.8 cm³/mol. The number of benzene rings is 1. The van der Waals surface area contributed by atoms with E-state index in [1.54, 1.807) is 6.07 Å². The Labute approximate surface area is 89.4 Å². The van der Waals surface area contributed by atoms with E-state index >= 15 is 0 Å². The summed E-state index contributed by atoms with van der Waals surface area (Å²) in [7, 11) is 1.47. The largest absolute Gasteiger partial charge is 0.494 e. The molecule has 1 aliphatic rings. The van der Waals surface area contributed by atoms with Crippen LogP contribution in [0.15, 0.2) is 18.2 Å². The third-order valence-electron chi connectivity index (χ3n) is 2.88. The summed E-state index contributed by atoms with van der Waals surface area (Å²) in [6.45, 7) is 2.14. The van der Waals surface area contributed by atoms with Gasteiger partial charge in [0.25, 0.3) is 0 Å². The lowest BCUT2D eigenvalue weighted by molar-refractivity contribution is 0.386. The van der Waals surface area contributed by atoms with Gasteiger partial charge in [0.1, 0.15) is 0 Å². The van der Waals surface area contributed by atoms with Crippen molar-refractivity contribution in [3.05, 3.63) is 24.0 Å². The highest BCUT2D eigenvalue weighted by atomic mass is 19.1. The molecule has 1 N–H and O–H groups in total. The van der Waals surface area contributed by atoms with Gasteiger partial charge in [0, 0.05) is 17.8 Å². The molecule has 2 rings (SSSR count). The quantitative estimate of drug-likeness (QED) is 0.823. The van der Waals surface area contributed by atoms with Gasteiger partial charge in [-0.2, -0.15) is 0 Å². The van der Waals surface area contributed by atoms with Crippen molar-refractivity contribution in [2.45, 2.75) is 25.8 Å². The minimum absolute atomic E-state index is 0.291. The molecule has 0 amide bonds. The first-order chi connectivity index (χ1) is 7.20. The van der Waals surface area contributed by atoms with Crippen molar-refractivity contribution in [2.24, 2.45) is 5.92 Å². The van der Waals surface area contributed by atoms with Gasteiger partial charge in [-0.3, -0.25) is 0 Å². The molecule has 0 bridgehead atoms. The highest BCUT2D eigenvalue weighted by Crippen LogP contribution is 2.34. The summed E-state index contributed by atoms with van der Waals surface area (Å²) in [5.41, 5.74) is 0.827. The van der Waals surface area contributed by atoms with E-state index in [1.165, 1.54) is 26.0 Å². The molecule has 0 heterocycles. The third-order valence-corrected chi connectivity index (χ3v) is 2.88. The molecule has 0 spiro atoms. The van der Waals surface area contributed by atoms with E-state index in [0.717, 1.165) is 11.6 Å². The van der Waals surface area contributed by atoms with Crippen LogP contribution in [0.25, 0.3) is 0 Å². The maximum atomic E-state index is 13.4. The molecular weight excluding hydrogens is 193 g/mol. The van der Waals surface area contributed by atoms with Crippen LogP contribution < -0.4 is 10.1 Å². The van der Waals surface area contributed by atoms with E-state index in [-0.39, 0.29) is 5.82 Å². The second-order valence-corrected chi connectivity index (χ2v) is 4.12. The van der Waals surface area contributed by atoms with E-state index in [0.29, 0.717) is 11.8 Å². The molecule has 15 heavy (non-hydrogen) atoms. The SMILES string of the molecule is COc1ccc(N[C@@H](C)C2CC2)cc1F. The zero-order valence-corrected chi connectivity index (χ0v) is 9.09. The van der Waals surface area contributed by atoms with Crippen molar-refractivity contribution in [2.75, 3.05) is 12.4 Å². The maximum Gasteiger partial charge on any atom is 0.167 e. The molecule has 1 aromatic carbocycles. The fraction of sp³-hybridized carbons (Fsp3) is 0.500. The number of rotatable bonds is 4. The van der Waals surface area contributed by atoms with Crippen LogP contribution in [-0.4, -0.2) is 13.2 Å². The predicted octanol–water partition coefficient (Wildman–Crippen LogP) is 3.04. The van der Waals surface area contributed by atoms with Crippen molar-refractivity contribution < 1.29 is 9.13 Å². The minimum atomic E-state index is -0.314. The Bertz CT molecular complexity index is 349. The standard InChI is InChI=1S/C12H16FNO/c1-8(9-3-4-9)14-10-5-6-12(15-2)11(13)7-10/h5-9,14H,3-4H2,1-2H3/t8-/m0/s1. The highest BCUT2D eigenvalue weighted by Gasteiger charge is 2.27. The monoisotopic (exact) mass is 209 g/mol. The van der Waals surface area contributed by atoms with E-state index in [1.807, 2.05) is 6.07 Å². The van der Waals surface area contributed by atoms with Gasteiger partial charge in [0.05, 0.1) is 7.11 Å². The first-order valence-corrected chi connectivity index (χ1v) is 5.31. The lowest BCUT2D eigenvalue weighted by Gasteiger charge is -2.14. The zero-order valence-electron chi connectivity index (χ0n) is 9.09. The lowest BCUT2D eigenvalue weighted by Crippen LogP contribution is -2.17. The van der Waals surface area contributed by atoms with Crippen LogP contribution in [0.5, 0.6) is 5.75 Å². The molecule has 1 fully saturated rings. The van der Waals surface area contributed by atoms with Crippen LogP contribution >= 0.6 is 0 Å². The van der Waals surface area contributed by atoms with Crippen LogP contribution in [0.2, 0.25) is 0 Å². The molecule has 1 aromatic rings. The lowest BCUT2D eigenvalue weighted by atomic mass is 10.2. The van der Waals surface area contributed by atoms with Crippen molar-refractivity contribution in [3.63, 3.8) is 0 Å². The van der Waals surface area contributed by atoms with Crippen molar-refractivity contribution in [1.82, 2.24) is 0 Å². The van der Waals surface area contributed by atoms with Crippen LogP contribution in [0.1, 0.15) is 19.8 Å². The Morgan fingerprint density at radius 1 is 1.47 bits per heavy atom. The van der Waals surface area contributed by atoms with Gasteiger partial charge in [0.15, 0.2) is 11.6 Å². The van der Waals surface area contributed by atoms with Gasteiger partial charge in [-0.25, -0.2) is 4.39 Å². The summed E-state index contributed by atoms with van der Waals surface area (Å²) in [5.74, 6) is 0.736. The van der Waals surface area contributed by atoms with Gasteiger partial charge in [-0.15, -0.1) is 0 Å². The Kier molecular flexibility index (Phi) is 2.80. The second kappa shape index (κ2) is 4.09. The summed E-state index contributed by atoms with van der Waals surface area (Å²) in [5, 5.41) is 3.30. The molecule has 2 nitrogen and oxygen atoms in total. The number of halogens is 1. The molecule has 82 valence electrons. The van der Waals surface area contributed by atoms with Crippen molar-refractivity contribution >= 4 is 5.69 Å². The summed E-state index contributed by atoms with van der Waals surface area (Å²) in [6.07, 6.45) is 2.57. The van der Waals surface area contributed by atoms with E-state index in [4.69, 9.17) is 4.74 Å². The first kappa shape index (κ1) is 10.3. The molecule has 1 atom stereocenters. The molecule has 0 unspecified atom stereocenters. The molecule has 0 saturated heterocycles. The van der Waals surface area contributed by atoms with Crippen LogP contribution in [-0.2, 0) is 0 Å². The molecule has 0 radical (unpaired) electrons. The van der Waals surface area contributed by atoms with Crippen LogP contribution in [0.3, 0.4) is 0 Å². The minimum Gasteiger partial charge on any atom is -0.494 e. The number of methoxy groups -OCH3 is 1. The molecule has 3 heteroatoms. The Balaban J connectivity index is 2.05. The molecule has 1 saturated carbocycles. The van der Waals surface area contributed by atoms with Crippen LogP contribution in [0.4, 0.5) is 10.1 Å². The summed E-state index contributed by atoms with van der Waals surface area (Å²) < 4.78 is 18.2. The zero-order chi connectivity index (χ0) is 10.8. The van der Waals surface area contributed by atoms with Crippen molar-refractivity contribution in [1.29, 1.82) is 0 Å². The number of nitrogens with one attached hydrogen (secondary N) is 1. The second-order valence-electron chi connectivity index (χ2n) is 4.12. The van der Waals surface area contributed by atoms with Gasteiger partial charge < -0.3 is 10.1 Å². The summed E-state index contributed by atoms with van der Waals surface area (Å²) >= 11 is 0. The third kappa shape index (κ3) is 2.41. The Morgan fingerprint density at radius 3 is 2.73 bits per heavy atom. The fourth-order valence-electron chi connectivity index (χ4n) is 1.73. The maximum absolute atomic E-state index is 13.4. The number of anilines is 1. The molecule has 0 aromatic heterocycles. The molecule has 0 aliphatic heterocycles. The summed E-state index contributed by atoms with van der Waals surface area (Å²) in [6, 6.07) is 5.41. The van der Waals surface area contributed by atoms with Crippen molar-refractivity contribution in [3.8, 4) is 5.75 Å². The average molecular weight is 209 g/mol. The topological polar surface area (TPSA) is 21.3 Å². The normalized spacial score (nSPS) is 17.3. The molecule has 1 aliphatic carbocycles. The number of hydrogen-bond acceptors (Lipinski definition) is 2. The van der Waals surface area contributed by atoms with Gasteiger partial charge in [-0.1, -0.05) is 0 Å². The molecular formula is C12H16FNO. The number of ether oxygens (including phenoxy) is 1. The Hall–Kier alpha value is -1.25. The van der Waals surface area contributed by atoms with Crippen LogP contribution in [0, 0.1) is 11.7 Å². The fourth-order valence-corrected chi connectivity index (χ4v) is 1.73. The van der Waals surface area contributed by atoms with E-state index in [9.17, 15) is 4.39 Å². The van der Waals surface area contributed by atoms with E-state index < -0.39 is 0 Å².